The maximum Gasteiger partial charge on any atom is 0.123 e. The van der Waals surface area contributed by atoms with E-state index in [1.54, 1.807) is 18.3 Å². The minimum atomic E-state index is 0.398. The van der Waals surface area contributed by atoms with Crippen molar-refractivity contribution in [3.05, 3.63) is 29.6 Å². The Bertz CT molecular complexity index is 332. The van der Waals surface area contributed by atoms with Gasteiger partial charge in [-0.3, -0.25) is 4.98 Å². The number of carbonyl (C=O) groups excluding carboxylic acids is 1. The van der Waals surface area contributed by atoms with E-state index in [2.05, 4.69) is 4.98 Å². The third-order valence-corrected chi connectivity index (χ3v) is 1.59. The summed E-state index contributed by atoms with van der Waals surface area (Å²) < 4.78 is 0. The molecule has 1 aromatic rings. The van der Waals surface area contributed by atoms with E-state index in [0.29, 0.717) is 17.8 Å². The number of nitrogens with two attached hydrogens (primary N) is 1. The highest BCUT2D eigenvalue weighted by atomic mass is 16.1. The van der Waals surface area contributed by atoms with Crippen LogP contribution in [0, 0.1) is 6.92 Å². The van der Waals surface area contributed by atoms with E-state index >= 15 is 0 Å². The molecular formula is C10H12N2O. The number of hydrogen-bond donors (Lipinski definition) is 1. The van der Waals surface area contributed by atoms with E-state index in [1.165, 1.54) is 0 Å². The third kappa shape index (κ3) is 2.71. The summed E-state index contributed by atoms with van der Waals surface area (Å²) in [6.45, 7) is 1.93. The lowest BCUT2D eigenvalue weighted by Crippen LogP contribution is -1.93. The van der Waals surface area contributed by atoms with Crippen molar-refractivity contribution in [3.63, 3.8) is 0 Å². The molecule has 0 aliphatic carbocycles. The van der Waals surface area contributed by atoms with Crippen molar-refractivity contribution in [3.8, 4) is 0 Å². The van der Waals surface area contributed by atoms with Crippen LogP contribution >= 0.6 is 0 Å². The Morgan fingerprint density at radius 1 is 1.62 bits per heavy atom. The van der Waals surface area contributed by atoms with Crippen LogP contribution < -0.4 is 5.73 Å². The van der Waals surface area contributed by atoms with Crippen LogP contribution in [0.15, 0.2) is 18.3 Å². The second kappa shape index (κ2) is 4.40. The van der Waals surface area contributed by atoms with Crippen LogP contribution in [-0.4, -0.2) is 11.3 Å². The minimum Gasteiger partial charge on any atom is -0.397 e. The first-order chi connectivity index (χ1) is 6.24. The molecule has 0 radical (unpaired) electrons. The van der Waals surface area contributed by atoms with E-state index in [-0.39, 0.29) is 0 Å². The van der Waals surface area contributed by atoms with Crippen molar-refractivity contribution in [2.24, 2.45) is 0 Å². The topological polar surface area (TPSA) is 56.0 Å². The van der Waals surface area contributed by atoms with Crippen molar-refractivity contribution in [1.82, 2.24) is 4.98 Å². The van der Waals surface area contributed by atoms with Crippen molar-refractivity contribution in [1.29, 1.82) is 0 Å². The lowest BCUT2D eigenvalue weighted by molar-refractivity contribution is -0.107. The van der Waals surface area contributed by atoms with Gasteiger partial charge in [0.1, 0.15) is 6.29 Å². The maximum absolute atomic E-state index is 10.0. The van der Waals surface area contributed by atoms with E-state index in [1.807, 2.05) is 13.0 Å². The standard InChI is InChI=1S/C10H12N2O/c1-8-6-9(11)10(12-7-8)4-2-3-5-13/h2,4-7H,3,11H2,1H3. The summed E-state index contributed by atoms with van der Waals surface area (Å²) in [5.41, 5.74) is 8.09. The van der Waals surface area contributed by atoms with E-state index in [4.69, 9.17) is 5.73 Å². The minimum absolute atomic E-state index is 0.398. The maximum atomic E-state index is 10.0. The van der Waals surface area contributed by atoms with Gasteiger partial charge in [0.2, 0.25) is 0 Å². The fourth-order valence-electron chi connectivity index (χ4n) is 0.977. The highest BCUT2D eigenvalue weighted by Crippen LogP contribution is 2.11. The smallest absolute Gasteiger partial charge is 0.123 e. The highest BCUT2D eigenvalue weighted by molar-refractivity contribution is 5.63. The SMILES string of the molecule is Cc1cnc(C=CCC=O)c(N)c1. The molecule has 3 nitrogen and oxygen atoms in total. The molecule has 1 rings (SSSR count). The molecule has 0 fully saturated rings. The van der Waals surface area contributed by atoms with Crippen LogP contribution in [0.1, 0.15) is 17.7 Å². The average molecular weight is 176 g/mol. The first-order valence-corrected chi connectivity index (χ1v) is 4.06. The Labute approximate surface area is 77.3 Å². The molecule has 0 aliphatic rings. The molecule has 0 bridgehead atoms. The van der Waals surface area contributed by atoms with Gasteiger partial charge in [-0.25, -0.2) is 0 Å². The second-order valence-electron chi connectivity index (χ2n) is 2.79. The van der Waals surface area contributed by atoms with Gasteiger partial charge in [-0.15, -0.1) is 0 Å². The molecule has 0 aliphatic heterocycles. The zero-order chi connectivity index (χ0) is 9.68. The summed E-state index contributed by atoms with van der Waals surface area (Å²) in [6, 6.07) is 1.85. The van der Waals surface area contributed by atoms with Crippen LogP contribution in [-0.2, 0) is 4.79 Å². The molecule has 13 heavy (non-hydrogen) atoms. The molecule has 0 atom stereocenters. The van der Waals surface area contributed by atoms with Crippen LogP contribution in [0.2, 0.25) is 0 Å². The third-order valence-electron chi connectivity index (χ3n) is 1.59. The summed E-state index contributed by atoms with van der Waals surface area (Å²) in [4.78, 5) is 14.2. The van der Waals surface area contributed by atoms with Gasteiger partial charge in [0.15, 0.2) is 0 Å². The molecule has 0 saturated heterocycles. The molecule has 0 saturated carbocycles. The van der Waals surface area contributed by atoms with Crippen LogP contribution in [0.3, 0.4) is 0 Å². The Balaban J connectivity index is 2.83. The van der Waals surface area contributed by atoms with Crippen molar-refractivity contribution < 1.29 is 4.79 Å². The molecule has 1 aromatic heterocycles. The predicted molar refractivity (Wildman–Crippen MR) is 53.1 cm³/mol. The zero-order valence-corrected chi connectivity index (χ0v) is 7.53. The van der Waals surface area contributed by atoms with E-state index in [9.17, 15) is 4.79 Å². The molecule has 2 N–H and O–H groups in total. The predicted octanol–water partition coefficient (Wildman–Crippen LogP) is 1.57. The number of rotatable bonds is 3. The van der Waals surface area contributed by atoms with Crippen molar-refractivity contribution in [2.45, 2.75) is 13.3 Å². The number of carbonyl (C=O) groups is 1. The van der Waals surface area contributed by atoms with Crippen LogP contribution in [0.25, 0.3) is 6.08 Å². The van der Waals surface area contributed by atoms with Gasteiger partial charge in [-0.05, 0) is 24.6 Å². The summed E-state index contributed by atoms with van der Waals surface area (Å²) in [5.74, 6) is 0. The average Bonchev–Trinajstić information content (AvgIpc) is 2.09. The summed E-state index contributed by atoms with van der Waals surface area (Å²) in [6.07, 6.45) is 6.47. The molecule has 0 aromatic carbocycles. The van der Waals surface area contributed by atoms with E-state index < -0.39 is 0 Å². The molecule has 0 unspecified atom stereocenters. The Kier molecular flexibility index (Phi) is 3.20. The Morgan fingerprint density at radius 2 is 2.38 bits per heavy atom. The van der Waals surface area contributed by atoms with Crippen LogP contribution in [0.5, 0.6) is 0 Å². The summed E-state index contributed by atoms with van der Waals surface area (Å²) in [5, 5.41) is 0. The number of aromatic nitrogens is 1. The number of hydrogen-bond acceptors (Lipinski definition) is 3. The number of nitrogen functional groups attached to an aromatic ring is 1. The molecule has 0 spiro atoms. The number of aryl methyl sites for hydroxylation is 1. The fraction of sp³-hybridized carbons (Fsp3) is 0.200. The zero-order valence-electron chi connectivity index (χ0n) is 7.53. The van der Waals surface area contributed by atoms with Gasteiger partial charge >= 0.3 is 0 Å². The van der Waals surface area contributed by atoms with Gasteiger partial charge in [-0.2, -0.15) is 0 Å². The molecule has 0 amide bonds. The van der Waals surface area contributed by atoms with Gasteiger partial charge in [0.05, 0.1) is 11.4 Å². The normalized spacial score (nSPS) is 10.5. The molecule has 1 heterocycles. The van der Waals surface area contributed by atoms with Crippen LogP contribution in [0.4, 0.5) is 5.69 Å². The number of aldehydes is 1. The first-order valence-electron chi connectivity index (χ1n) is 4.06. The lowest BCUT2D eigenvalue weighted by atomic mass is 10.2. The van der Waals surface area contributed by atoms with Crippen molar-refractivity contribution >= 4 is 18.0 Å². The molecule has 68 valence electrons. The van der Waals surface area contributed by atoms with E-state index in [0.717, 1.165) is 11.8 Å². The summed E-state index contributed by atoms with van der Waals surface area (Å²) >= 11 is 0. The number of anilines is 1. The first kappa shape index (κ1) is 9.45. The largest absolute Gasteiger partial charge is 0.397 e. The van der Waals surface area contributed by atoms with Gasteiger partial charge in [-0.1, -0.05) is 6.08 Å². The van der Waals surface area contributed by atoms with Gasteiger partial charge < -0.3 is 10.5 Å². The number of allylic oxidation sites excluding steroid dienone is 1. The molecule has 3 heteroatoms. The Morgan fingerprint density at radius 3 is 3.00 bits per heavy atom. The van der Waals surface area contributed by atoms with Crippen molar-refractivity contribution in [2.75, 3.05) is 5.73 Å². The van der Waals surface area contributed by atoms with Gasteiger partial charge in [0.25, 0.3) is 0 Å². The number of nitrogens with zero attached hydrogens (tertiary/aromatic N) is 1. The Hall–Kier alpha value is -1.64. The quantitative estimate of drug-likeness (QED) is 0.711. The summed E-state index contributed by atoms with van der Waals surface area (Å²) in [7, 11) is 0. The number of pyridine rings is 1. The highest BCUT2D eigenvalue weighted by Gasteiger charge is 1.95. The lowest BCUT2D eigenvalue weighted by Gasteiger charge is -1.99. The fourth-order valence-corrected chi connectivity index (χ4v) is 0.977. The second-order valence-corrected chi connectivity index (χ2v) is 2.79. The monoisotopic (exact) mass is 176 g/mol. The molecular weight excluding hydrogens is 164 g/mol. The van der Waals surface area contributed by atoms with Gasteiger partial charge in [0, 0.05) is 12.6 Å².